The monoisotopic (exact) mass is 321 g/mol. The molecule has 6 heteroatoms. The number of aliphatic carboxylic acids is 1. The maximum atomic E-state index is 12.4. The van der Waals surface area contributed by atoms with E-state index in [9.17, 15) is 9.59 Å². The van der Waals surface area contributed by atoms with Gasteiger partial charge in [-0.25, -0.2) is 0 Å². The molecule has 1 saturated carbocycles. The molecule has 0 saturated heterocycles. The molecule has 0 atom stereocenters. The molecular formula is C17H23NO5. The maximum Gasteiger partial charge on any atom is 0.323 e. The number of amides is 1. The van der Waals surface area contributed by atoms with Crippen molar-refractivity contribution in [2.45, 2.75) is 32.2 Å². The molecule has 23 heavy (non-hydrogen) atoms. The van der Waals surface area contributed by atoms with E-state index in [0.29, 0.717) is 23.8 Å². The largest absolute Gasteiger partial charge is 0.497 e. The Balaban J connectivity index is 2.12. The fourth-order valence-electron chi connectivity index (χ4n) is 2.65. The Morgan fingerprint density at radius 3 is 2.22 bits per heavy atom. The third-order valence-corrected chi connectivity index (χ3v) is 4.15. The van der Waals surface area contributed by atoms with E-state index >= 15 is 0 Å². The normalized spacial score (nSPS) is 14.0. The number of carboxylic acid groups (broad SMARTS) is 1. The predicted molar refractivity (Wildman–Crippen MR) is 84.6 cm³/mol. The quantitative estimate of drug-likeness (QED) is 0.795. The first kappa shape index (κ1) is 17.1. The van der Waals surface area contributed by atoms with Crippen molar-refractivity contribution in [2.75, 3.05) is 20.8 Å². The van der Waals surface area contributed by atoms with E-state index in [2.05, 4.69) is 0 Å². The fraction of sp³-hybridized carbons (Fsp3) is 0.529. The summed E-state index contributed by atoms with van der Waals surface area (Å²) in [6, 6.07) is 5.31. The minimum Gasteiger partial charge on any atom is -0.497 e. The van der Waals surface area contributed by atoms with Crippen molar-refractivity contribution in [1.82, 2.24) is 4.90 Å². The zero-order chi connectivity index (χ0) is 16.8. The molecule has 0 aromatic heterocycles. The van der Waals surface area contributed by atoms with E-state index in [1.54, 1.807) is 32.4 Å². The van der Waals surface area contributed by atoms with Crippen LogP contribution in [0.3, 0.4) is 0 Å². The van der Waals surface area contributed by atoms with Gasteiger partial charge in [-0.1, -0.05) is 6.42 Å². The molecule has 2 rings (SSSR count). The number of carbonyl (C=O) groups is 2. The van der Waals surface area contributed by atoms with E-state index in [4.69, 9.17) is 14.6 Å². The molecule has 0 heterocycles. The van der Waals surface area contributed by atoms with Crippen LogP contribution in [0.25, 0.3) is 0 Å². The first-order valence-electron chi connectivity index (χ1n) is 7.73. The summed E-state index contributed by atoms with van der Waals surface area (Å²) in [4.78, 5) is 24.9. The smallest absolute Gasteiger partial charge is 0.323 e. The highest BCUT2D eigenvalue weighted by atomic mass is 16.5. The van der Waals surface area contributed by atoms with Gasteiger partial charge in [0.15, 0.2) is 0 Å². The SMILES string of the molecule is COc1cc(CN(CC(=O)O)C(=O)CC2CCC2)cc(OC)c1. The van der Waals surface area contributed by atoms with Crippen LogP contribution in [-0.4, -0.2) is 42.6 Å². The van der Waals surface area contributed by atoms with Gasteiger partial charge in [-0.05, 0) is 36.5 Å². The van der Waals surface area contributed by atoms with E-state index in [-0.39, 0.29) is 19.0 Å². The Morgan fingerprint density at radius 1 is 1.17 bits per heavy atom. The van der Waals surface area contributed by atoms with Crippen molar-refractivity contribution in [3.05, 3.63) is 23.8 Å². The van der Waals surface area contributed by atoms with Gasteiger partial charge in [-0.15, -0.1) is 0 Å². The lowest BCUT2D eigenvalue weighted by Gasteiger charge is -2.28. The Morgan fingerprint density at radius 2 is 1.78 bits per heavy atom. The summed E-state index contributed by atoms with van der Waals surface area (Å²) in [6.07, 6.45) is 3.69. The Kier molecular flexibility index (Phi) is 5.84. The lowest BCUT2D eigenvalue weighted by atomic mass is 9.82. The number of benzene rings is 1. The van der Waals surface area contributed by atoms with Gasteiger partial charge < -0.3 is 19.5 Å². The van der Waals surface area contributed by atoms with Crippen LogP contribution in [0.1, 0.15) is 31.2 Å². The number of hydrogen-bond acceptors (Lipinski definition) is 4. The highest BCUT2D eigenvalue weighted by Crippen LogP contribution is 2.30. The van der Waals surface area contributed by atoms with E-state index in [1.165, 1.54) is 4.90 Å². The van der Waals surface area contributed by atoms with E-state index in [0.717, 1.165) is 24.8 Å². The lowest BCUT2D eigenvalue weighted by Crippen LogP contribution is -2.36. The molecule has 1 fully saturated rings. The van der Waals surface area contributed by atoms with Crippen molar-refractivity contribution in [2.24, 2.45) is 5.92 Å². The number of methoxy groups -OCH3 is 2. The molecule has 0 spiro atoms. The average molecular weight is 321 g/mol. The maximum absolute atomic E-state index is 12.4. The van der Waals surface area contributed by atoms with Gasteiger partial charge >= 0.3 is 5.97 Å². The van der Waals surface area contributed by atoms with Crippen molar-refractivity contribution in [3.63, 3.8) is 0 Å². The highest BCUT2D eigenvalue weighted by Gasteiger charge is 2.25. The molecule has 1 aromatic carbocycles. The number of rotatable bonds is 8. The molecule has 1 aliphatic rings. The Labute approximate surface area is 136 Å². The van der Waals surface area contributed by atoms with Crippen LogP contribution in [0.4, 0.5) is 0 Å². The summed E-state index contributed by atoms with van der Waals surface area (Å²) < 4.78 is 10.4. The summed E-state index contributed by atoms with van der Waals surface area (Å²) in [7, 11) is 3.10. The van der Waals surface area contributed by atoms with Gasteiger partial charge in [0, 0.05) is 19.0 Å². The van der Waals surface area contributed by atoms with Crippen LogP contribution >= 0.6 is 0 Å². The van der Waals surface area contributed by atoms with Gasteiger partial charge in [0.1, 0.15) is 18.0 Å². The summed E-state index contributed by atoms with van der Waals surface area (Å²) in [5, 5.41) is 9.07. The standard InChI is InChI=1S/C17H23NO5/c1-22-14-6-13(7-15(9-14)23-2)10-18(11-17(20)21)16(19)8-12-4-3-5-12/h6-7,9,12H,3-5,8,10-11H2,1-2H3,(H,20,21). The Bertz CT molecular complexity index is 546. The minimum absolute atomic E-state index is 0.112. The van der Waals surface area contributed by atoms with Gasteiger partial charge in [-0.3, -0.25) is 9.59 Å². The second-order valence-electron chi connectivity index (χ2n) is 5.87. The fourth-order valence-corrected chi connectivity index (χ4v) is 2.65. The topological polar surface area (TPSA) is 76.1 Å². The third kappa shape index (κ3) is 4.87. The lowest BCUT2D eigenvalue weighted by molar-refractivity contribution is -0.145. The van der Waals surface area contributed by atoms with Gasteiger partial charge in [0.2, 0.25) is 5.91 Å². The minimum atomic E-state index is -1.01. The van der Waals surface area contributed by atoms with Crippen molar-refractivity contribution in [1.29, 1.82) is 0 Å². The highest BCUT2D eigenvalue weighted by molar-refractivity contribution is 5.81. The average Bonchev–Trinajstić information content (AvgIpc) is 2.49. The zero-order valence-corrected chi connectivity index (χ0v) is 13.6. The molecular weight excluding hydrogens is 298 g/mol. The van der Waals surface area contributed by atoms with Gasteiger partial charge in [-0.2, -0.15) is 0 Å². The molecule has 6 nitrogen and oxygen atoms in total. The molecule has 0 radical (unpaired) electrons. The van der Waals surface area contributed by atoms with Crippen molar-refractivity contribution >= 4 is 11.9 Å². The van der Waals surface area contributed by atoms with Crippen LogP contribution < -0.4 is 9.47 Å². The van der Waals surface area contributed by atoms with E-state index < -0.39 is 5.97 Å². The summed E-state index contributed by atoms with van der Waals surface area (Å²) in [5.41, 5.74) is 0.782. The van der Waals surface area contributed by atoms with Crippen LogP contribution in [-0.2, 0) is 16.1 Å². The van der Waals surface area contributed by atoms with Crippen molar-refractivity contribution < 1.29 is 24.2 Å². The molecule has 0 unspecified atom stereocenters. The first-order valence-corrected chi connectivity index (χ1v) is 7.73. The molecule has 1 N–H and O–H groups in total. The summed E-state index contributed by atoms with van der Waals surface area (Å²) in [6.45, 7) is -0.0729. The van der Waals surface area contributed by atoms with Gasteiger partial charge in [0.05, 0.1) is 14.2 Å². The molecule has 0 aliphatic heterocycles. The molecule has 1 aliphatic carbocycles. The zero-order valence-electron chi connectivity index (χ0n) is 13.6. The molecule has 126 valence electrons. The van der Waals surface area contributed by atoms with E-state index in [1.807, 2.05) is 0 Å². The summed E-state index contributed by atoms with van der Waals surface area (Å²) >= 11 is 0. The summed E-state index contributed by atoms with van der Waals surface area (Å²) in [5.74, 6) is 0.501. The Hall–Kier alpha value is -2.24. The predicted octanol–water partition coefficient (Wildman–Crippen LogP) is 2.31. The number of hydrogen-bond donors (Lipinski definition) is 1. The van der Waals surface area contributed by atoms with Crippen LogP contribution in [0, 0.1) is 5.92 Å². The molecule has 1 aromatic rings. The first-order chi connectivity index (χ1) is 11.0. The third-order valence-electron chi connectivity index (χ3n) is 4.15. The number of carboxylic acids is 1. The number of nitrogens with zero attached hydrogens (tertiary/aromatic N) is 1. The second-order valence-corrected chi connectivity index (χ2v) is 5.87. The van der Waals surface area contributed by atoms with Crippen LogP contribution in [0.15, 0.2) is 18.2 Å². The number of carbonyl (C=O) groups excluding carboxylic acids is 1. The van der Waals surface area contributed by atoms with Crippen molar-refractivity contribution in [3.8, 4) is 11.5 Å². The second kappa shape index (κ2) is 7.85. The molecule has 0 bridgehead atoms. The number of ether oxygens (including phenoxy) is 2. The molecule has 1 amide bonds. The van der Waals surface area contributed by atoms with Gasteiger partial charge in [0.25, 0.3) is 0 Å². The van der Waals surface area contributed by atoms with Crippen LogP contribution in [0.5, 0.6) is 11.5 Å². The van der Waals surface area contributed by atoms with Crippen LogP contribution in [0.2, 0.25) is 0 Å².